The zero-order valence-electron chi connectivity index (χ0n) is 18.6. The minimum absolute atomic E-state index is 0.104. The summed E-state index contributed by atoms with van der Waals surface area (Å²) in [6, 6.07) is 9.29. The zero-order chi connectivity index (χ0) is 23.9. The average Bonchev–Trinajstić information content (AvgIpc) is 3.36. The molecule has 0 aliphatic rings. The highest BCUT2D eigenvalue weighted by molar-refractivity contribution is 6.35. The molecule has 4 aromatic rings. The van der Waals surface area contributed by atoms with Crippen molar-refractivity contribution < 1.29 is 5.11 Å². The van der Waals surface area contributed by atoms with Gasteiger partial charge in [0.2, 0.25) is 0 Å². The number of nitrogens with zero attached hydrogens (tertiary/aromatic N) is 8. The summed E-state index contributed by atoms with van der Waals surface area (Å²) >= 11 is 6.41. The Kier molecular flexibility index (Phi) is 5.61. The number of aromatic nitrogens is 7. The first-order valence-electron chi connectivity index (χ1n) is 10.1. The van der Waals surface area contributed by atoms with E-state index in [0.717, 1.165) is 5.56 Å². The Balaban J connectivity index is 1.70. The van der Waals surface area contributed by atoms with Gasteiger partial charge < -0.3 is 10.8 Å². The number of rotatable bonds is 5. The SMILES string of the molecule is Cc1c(C#N)cccc1-c1nc(N)c(Cl)c(-c2cn(Cc3cc(C(C)(C)O)n(C)n3)nn2)n1. The molecule has 0 unspecified atom stereocenters. The molecule has 33 heavy (non-hydrogen) atoms. The van der Waals surface area contributed by atoms with Crippen LogP contribution in [0.1, 0.15) is 36.4 Å². The van der Waals surface area contributed by atoms with Gasteiger partial charge in [-0.3, -0.25) is 4.68 Å². The Morgan fingerprint density at radius 3 is 2.70 bits per heavy atom. The first-order valence-corrected chi connectivity index (χ1v) is 10.5. The van der Waals surface area contributed by atoms with Gasteiger partial charge in [-0.15, -0.1) is 5.10 Å². The highest BCUT2D eigenvalue weighted by atomic mass is 35.5. The molecule has 0 saturated carbocycles. The van der Waals surface area contributed by atoms with Gasteiger partial charge in [-0.2, -0.15) is 10.4 Å². The number of aliphatic hydroxyl groups is 1. The first-order chi connectivity index (χ1) is 15.6. The van der Waals surface area contributed by atoms with E-state index in [2.05, 4.69) is 31.4 Å². The molecular weight excluding hydrogens is 442 g/mol. The second-order valence-corrected chi connectivity index (χ2v) is 8.57. The number of hydrogen-bond acceptors (Lipinski definition) is 8. The third-order valence-electron chi connectivity index (χ3n) is 5.23. The standard InChI is InChI=1S/C22H22ClN9O/c1-12-13(9-24)6-5-7-15(12)21-26-19(18(23)20(25)27-21)16-11-32(30-28-16)10-14-8-17(22(2,3)33)31(4)29-14/h5-8,11,33H,10H2,1-4H3,(H2,25,26,27). The summed E-state index contributed by atoms with van der Waals surface area (Å²) in [6.07, 6.45) is 1.69. The van der Waals surface area contributed by atoms with Crippen molar-refractivity contribution in [1.29, 1.82) is 5.26 Å². The molecule has 10 nitrogen and oxygen atoms in total. The summed E-state index contributed by atoms with van der Waals surface area (Å²) in [5.74, 6) is 0.447. The van der Waals surface area contributed by atoms with Crippen LogP contribution in [0.2, 0.25) is 5.02 Å². The second kappa shape index (κ2) is 8.27. The molecule has 4 rings (SSSR count). The van der Waals surface area contributed by atoms with Gasteiger partial charge in [0.05, 0.1) is 35.8 Å². The third-order valence-corrected chi connectivity index (χ3v) is 5.61. The van der Waals surface area contributed by atoms with Crippen LogP contribution in [-0.4, -0.2) is 39.8 Å². The molecule has 0 saturated heterocycles. The number of benzene rings is 1. The number of hydrogen-bond donors (Lipinski definition) is 2. The quantitative estimate of drug-likeness (QED) is 0.459. The van der Waals surface area contributed by atoms with Crippen molar-refractivity contribution in [3.63, 3.8) is 0 Å². The number of nitrogen functional groups attached to an aromatic ring is 1. The highest BCUT2D eigenvalue weighted by Gasteiger charge is 2.22. The molecule has 11 heteroatoms. The van der Waals surface area contributed by atoms with Crippen LogP contribution >= 0.6 is 11.6 Å². The third kappa shape index (κ3) is 4.28. The molecule has 0 aliphatic heterocycles. The van der Waals surface area contributed by atoms with E-state index in [9.17, 15) is 10.4 Å². The van der Waals surface area contributed by atoms with E-state index < -0.39 is 5.60 Å². The van der Waals surface area contributed by atoms with E-state index in [1.807, 2.05) is 19.1 Å². The minimum atomic E-state index is -1.02. The summed E-state index contributed by atoms with van der Waals surface area (Å²) in [5.41, 5.74) is 9.15. The molecule has 3 aromatic heterocycles. The van der Waals surface area contributed by atoms with E-state index in [4.69, 9.17) is 17.3 Å². The molecule has 3 N–H and O–H groups in total. The smallest absolute Gasteiger partial charge is 0.162 e. The van der Waals surface area contributed by atoms with Gasteiger partial charge in [0, 0.05) is 12.6 Å². The van der Waals surface area contributed by atoms with Crippen LogP contribution in [0.3, 0.4) is 0 Å². The van der Waals surface area contributed by atoms with Crippen molar-refractivity contribution in [3.05, 3.63) is 58.0 Å². The number of anilines is 1. The van der Waals surface area contributed by atoms with Crippen molar-refractivity contribution in [1.82, 2.24) is 34.7 Å². The lowest BCUT2D eigenvalue weighted by Crippen LogP contribution is -2.19. The predicted octanol–water partition coefficient (Wildman–Crippen LogP) is 2.83. The van der Waals surface area contributed by atoms with E-state index in [1.165, 1.54) is 0 Å². The van der Waals surface area contributed by atoms with E-state index in [-0.39, 0.29) is 10.8 Å². The van der Waals surface area contributed by atoms with E-state index >= 15 is 0 Å². The molecule has 1 aromatic carbocycles. The Bertz CT molecular complexity index is 1390. The fourth-order valence-corrected chi connectivity index (χ4v) is 3.76. The molecule has 0 fully saturated rings. The van der Waals surface area contributed by atoms with Crippen LogP contribution in [-0.2, 0) is 19.2 Å². The number of aryl methyl sites for hydroxylation is 1. The summed E-state index contributed by atoms with van der Waals surface area (Å²) in [4.78, 5) is 8.89. The molecular formula is C22H22ClN9O. The lowest BCUT2D eigenvalue weighted by molar-refractivity contribution is 0.0695. The van der Waals surface area contributed by atoms with Gasteiger partial charge in [-0.25, -0.2) is 14.6 Å². The number of nitriles is 1. The van der Waals surface area contributed by atoms with Gasteiger partial charge in [-0.1, -0.05) is 28.9 Å². The predicted molar refractivity (Wildman–Crippen MR) is 123 cm³/mol. The van der Waals surface area contributed by atoms with Crippen LogP contribution in [0.15, 0.2) is 30.5 Å². The van der Waals surface area contributed by atoms with Gasteiger partial charge in [-0.05, 0) is 38.5 Å². The summed E-state index contributed by atoms with van der Waals surface area (Å²) in [5, 5.41) is 32.6. The van der Waals surface area contributed by atoms with E-state index in [1.54, 1.807) is 48.6 Å². The van der Waals surface area contributed by atoms with Crippen LogP contribution in [0.25, 0.3) is 22.8 Å². The Morgan fingerprint density at radius 2 is 2.03 bits per heavy atom. The van der Waals surface area contributed by atoms with Crippen LogP contribution < -0.4 is 5.73 Å². The lowest BCUT2D eigenvalue weighted by Gasteiger charge is -2.16. The van der Waals surface area contributed by atoms with Gasteiger partial charge >= 0.3 is 0 Å². The van der Waals surface area contributed by atoms with E-state index in [0.29, 0.717) is 46.3 Å². The maximum atomic E-state index is 10.3. The number of halogens is 1. The van der Waals surface area contributed by atoms with Gasteiger partial charge in [0.25, 0.3) is 0 Å². The molecule has 0 aliphatic carbocycles. The Morgan fingerprint density at radius 1 is 1.27 bits per heavy atom. The Hall–Kier alpha value is -3.81. The summed E-state index contributed by atoms with van der Waals surface area (Å²) < 4.78 is 3.24. The molecule has 0 amide bonds. The largest absolute Gasteiger partial charge is 0.384 e. The minimum Gasteiger partial charge on any atom is -0.384 e. The van der Waals surface area contributed by atoms with Crippen molar-refractivity contribution >= 4 is 17.4 Å². The zero-order valence-corrected chi connectivity index (χ0v) is 19.3. The lowest BCUT2D eigenvalue weighted by atomic mass is 10.0. The average molecular weight is 464 g/mol. The molecule has 0 radical (unpaired) electrons. The van der Waals surface area contributed by atoms with Crippen LogP contribution in [0, 0.1) is 18.3 Å². The monoisotopic (exact) mass is 463 g/mol. The first kappa shape index (κ1) is 22.4. The van der Waals surface area contributed by atoms with Gasteiger partial charge in [0.15, 0.2) is 5.82 Å². The Labute approximate surface area is 195 Å². The maximum absolute atomic E-state index is 10.3. The second-order valence-electron chi connectivity index (χ2n) is 8.19. The molecule has 3 heterocycles. The van der Waals surface area contributed by atoms with Crippen molar-refractivity contribution in [2.75, 3.05) is 5.73 Å². The fraction of sp³-hybridized carbons (Fsp3) is 0.273. The fourth-order valence-electron chi connectivity index (χ4n) is 3.58. The maximum Gasteiger partial charge on any atom is 0.162 e. The normalized spacial score (nSPS) is 11.5. The van der Waals surface area contributed by atoms with Crippen LogP contribution in [0.5, 0.6) is 0 Å². The summed E-state index contributed by atoms with van der Waals surface area (Å²) in [7, 11) is 1.78. The topological polar surface area (TPSA) is 144 Å². The van der Waals surface area contributed by atoms with Crippen LogP contribution in [0.4, 0.5) is 5.82 Å². The van der Waals surface area contributed by atoms with Gasteiger partial charge in [0.1, 0.15) is 27.8 Å². The van der Waals surface area contributed by atoms with Crippen molar-refractivity contribution in [2.45, 2.75) is 32.9 Å². The highest BCUT2D eigenvalue weighted by Crippen LogP contribution is 2.32. The summed E-state index contributed by atoms with van der Waals surface area (Å²) in [6.45, 7) is 5.57. The van der Waals surface area contributed by atoms with Crippen molar-refractivity contribution in [3.8, 4) is 28.8 Å². The molecule has 0 bridgehead atoms. The van der Waals surface area contributed by atoms with Crippen molar-refractivity contribution in [2.24, 2.45) is 7.05 Å². The molecule has 0 atom stereocenters. The molecule has 168 valence electrons. The molecule has 0 spiro atoms. The number of nitrogens with two attached hydrogens (primary N) is 1.